The smallest absolute Gasteiger partial charge is 0.214 e. The summed E-state index contributed by atoms with van der Waals surface area (Å²) in [7, 11) is -4.23. The minimum atomic E-state index is -4.23. The average molecular weight is 497 g/mol. The maximum atomic E-state index is 13.7. The monoisotopic (exact) mass is 496 g/mol. The van der Waals surface area contributed by atoms with Crippen LogP contribution in [-0.4, -0.2) is 34.3 Å². The van der Waals surface area contributed by atoms with Crippen molar-refractivity contribution in [3.63, 3.8) is 0 Å². The highest BCUT2D eigenvalue weighted by Gasteiger charge is 2.32. The Morgan fingerprint density at radius 2 is 1.76 bits per heavy atom. The van der Waals surface area contributed by atoms with Gasteiger partial charge in [0, 0.05) is 23.0 Å². The molecular formula is C22H14Cl2N6O2S. The number of anilines is 1. The quantitative estimate of drug-likeness (QED) is 0.364. The summed E-state index contributed by atoms with van der Waals surface area (Å²) in [6, 6.07) is 14.8. The molecule has 3 heterocycles. The molecule has 0 spiro atoms. The van der Waals surface area contributed by atoms with Crippen molar-refractivity contribution in [1.29, 1.82) is 0 Å². The van der Waals surface area contributed by atoms with Crippen LogP contribution in [-0.2, 0) is 9.84 Å². The largest absolute Gasteiger partial charge is 0.382 e. The normalized spacial score (nSPS) is 12.2. The van der Waals surface area contributed by atoms with E-state index in [2.05, 4.69) is 20.1 Å². The summed E-state index contributed by atoms with van der Waals surface area (Å²) < 4.78 is 28.6. The highest BCUT2D eigenvalue weighted by molar-refractivity contribution is 7.92. The molecule has 0 bridgehead atoms. The number of benzene rings is 2. The molecular weight excluding hydrogens is 483 g/mol. The van der Waals surface area contributed by atoms with Crippen LogP contribution < -0.4 is 5.73 Å². The Balaban J connectivity index is 1.83. The van der Waals surface area contributed by atoms with E-state index in [4.69, 9.17) is 28.9 Å². The van der Waals surface area contributed by atoms with Crippen molar-refractivity contribution >= 4 is 67.3 Å². The number of para-hydroxylation sites is 2. The van der Waals surface area contributed by atoms with Gasteiger partial charge in [0.2, 0.25) is 9.84 Å². The summed E-state index contributed by atoms with van der Waals surface area (Å²) in [4.78, 5) is 12.7. The molecule has 0 atom stereocenters. The fourth-order valence-corrected chi connectivity index (χ4v) is 5.61. The predicted molar refractivity (Wildman–Crippen MR) is 129 cm³/mol. The van der Waals surface area contributed by atoms with Crippen LogP contribution in [0, 0.1) is 0 Å². The maximum absolute atomic E-state index is 13.7. The lowest BCUT2D eigenvalue weighted by Crippen LogP contribution is -2.07. The van der Waals surface area contributed by atoms with Gasteiger partial charge in [-0.05, 0) is 36.4 Å². The third-order valence-electron chi connectivity index (χ3n) is 4.89. The zero-order chi connectivity index (χ0) is 23.2. The number of nitrogens with zero attached hydrogens (tertiary/aromatic N) is 5. The zero-order valence-electron chi connectivity index (χ0n) is 16.7. The number of pyridine rings is 1. The van der Waals surface area contributed by atoms with Gasteiger partial charge in [0.15, 0.2) is 5.65 Å². The van der Waals surface area contributed by atoms with Crippen LogP contribution in [0.15, 0.2) is 81.9 Å². The topological polar surface area (TPSA) is 116 Å². The third kappa shape index (κ3) is 3.70. The lowest BCUT2D eigenvalue weighted by atomic mass is 10.3. The van der Waals surface area contributed by atoms with Crippen LogP contribution in [0.5, 0.6) is 0 Å². The van der Waals surface area contributed by atoms with E-state index in [1.54, 1.807) is 42.7 Å². The maximum Gasteiger partial charge on any atom is 0.214 e. The van der Waals surface area contributed by atoms with Gasteiger partial charge in [0.1, 0.15) is 16.2 Å². The molecule has 33 heavy (non-hydrogen) atoms. The van der Waals surface area contributed by atoms with E-state index in [1.807, 2.05) is 6.07 Å². The highest BCUT2D eigenvalue weighted by Crippen LogP contribution is 2.38. The van der Waals surface area contributed by atoms with E-state index >= 15 is 0 Å². The molecule has 3 aromatic heterocycles. The van der Waals surface area contributed by atoms with Gasteiger partial charge in [-0.2, -0.15) is 9.78 Å². The fourth-order valence-electron chi connectivity index (χ4n) is 3.37. The van der Waals surface area contributed by atoms with Crippen LogP contribution in [0.3, 0.4) is 0 Å². The van der Waals surface area contributed by atoms with Gasteiger partial charge in [-0.25, -0.2) is 18.4 Å². The first-order valence-corrected chi connectivity index (χ1v) is 11.8. The van der Waals surface area contributed by atoms with Crippen molar-refractivity contribution < 1.29 is 8.42 Å². The summed E-state index contributed by atoms with van der Waals surface area (Å²) in [5, 5.41) is 4.60. The highest BCUT2D eigenvalue weighted by atomic mass is 35.5. The molecule has 0 aliphatic rings. The van der Waals surface area contributed by atoms with Crippen LogP contribution in [0.2, 0.25) is 10.0 Å². The molecule has 0 fully saturated rings. The van der Waals surface area contributed by atoms with Gasteiger partial charge in [0.05, 0.1) is 27.2 Å². The third-order valence-corrected chi connectivity index (χ3v) is 7.42. The fraction of sp³-hybridized carbons (Fsp3) is 0. The van der Waals surface area contributed by atoms with Crippen molar-refractivity contribution in [2.75, 3.05) is 5.73 Å². The van der Waals surface area contributed by atoms with Crippen LogP contribution in [0.25, 0.3) is 22.2 Å². The summed E-state index contributed by atoms with van der Waals surface area (Å²) in [6.07, 6.45) is 4.74. The molecule has 0 aliphatic carbocycles. The van der Waals surface area contributed by atoms with Gasteiger partial charge >= 0.3 is 0 Å². The Bertz CT molecular complexity index is 1670. The number of hydrogen-bond donors (Lipinski definition) is 1. The van der Waals surface area contributed by atoms with E-state index in [1.165, 1.54) is 29.1 Å². The first kappa shape index (κ1) is 21.3. The van der Waals surface area contributed by atoms with Crippen molar-refractivity contribution in [3.05, 3.63) is 82.6 Å². The van der Waals surface area contributed by atoms with Gasteiger partial charge in [0.25, 0.3) is 0 Å². The number of sulfone groups is 1. The Morgan fingerprint density at radius 1 is 1.00 bits per heavy atom. The second-order valence-corrected chi connectivity index (χ2v) is 9.72. The number of halogens is 2. The molecule has 164 valence electrons. The minimum absolute atomic E-state index is 0.00677. The van der Waals surface area contributed by atoms with Crippen LogP contribution in [0.4, 0.5) is 5.82 Å². The molecule has 0 radical (unpaired) electrons. The number of fused-ring (bicyclic) bond motifs is 2. The van der Waals surface area contributed by atoms with Crippen LogP contribution in [0.1, 0.15) is 5.56 Å². The predicted octanol–water partition coefficient (Wildman–Crippen LogP) is 4.58. The van der Waals surface area contributed by atoms with Crippen molar-refractivity contribution in [1.82, 2.24) is 19.6 Å². The number of aromatic nitrogens is 4. The molecule has 5 aromatic rings. The van der Waals surface area contributed by atoms with Gasteiger partial charge < -0.3 is 5.73 Å². The lowest BCUT2D eigenvalue weighted by molar-refractivity contribution is 0.597. The van der Waals surface area contributed by atoms with E-state index in [0.29, 0.717) is 16.6 Å². The van der Waals surface area contributed by atoms with Gasteiger partial charge in [-0.15, -0.1) is 0 Å². The molecule has 0 saturated carbocycles. The Labute approximate surface area is 198 Å². The van der Waals surface area contributed by atoms with E-state index in [0.717, 1.165) is 0 Å². The number of hydrogen-bond acceptors (Lipinski definition) is 7. The van der Waals surface area contributed by atoms with Gasteiger partial charge in [-0.1, -0.05) is 41.4 Å². The van der Waals surface area contributed by atoms with Gasteiger partial charge in [-0.3, -0.25) is 4.98 Å². The Morgan fingerprint density at radius 3 is 2.48 bits per heavy atom. The average Bonchev–Trinajstić information content (AvgIpc) is 3.09. The number of rotatable bonds is 4. The first-order valence-electron chi connectivity index (χ1n) is 9.57. The molecule has 5 rings (SSSR count). The van der Waals surface area contributed by atoms with E-state index in [9.17, 15) is 8.42 Å². The Kier molecular flexibility index (Phi) is 5.24. The van der Waals surface area contributed by atoms with E-state index in [-0.39, 0.29) is 36.8 Å². The summed E-state index contributed by atoms with van der Waals surface area (Å²) in [6.45, 7) is 0. The lowest BCUT2D eigenvalue weighted by Gasteiger charge is -2.07. The molecule has 2 aromatic carbocycles. The van der Waals surface area contributed by atoms with E-state index < -0.39 is 9.84 Å². The minimum Gasteiger partial charge on any atom is -0.382 e. The molecule has 2 N–H and O–H groups in total. The van der Waals surface area contributed by atoms with Crippen molar-refractivity contribution in [2.45, 2.75) is 9.79 Å². The summed E-state index contributed by atoms with van der Waals surface area (Å²) >= 11 is 12.3. The molecule has 0 unspecified atom stereocenters. The zero-order valence-corrected chi connectivity index (χ0v) is 19.1. The molecule has 8 nitrogen and oxygen atoms in total. The van der Waals surface area contributed by atoms with Crippen molar-refractivity contribution in [3.8, 4) is 0 Å². The second kappa shape index (κ2) is 8.11. The molecule has 11 heteroatoms. The molecule has 0 saturated heterocycles. The SMILES string of the molecule is Nc1c(S(=O)(=O)c2cc(Cl)ccc2Cl)c2nc3ccccc3nc2n1/N=C\c1cccnc1. The Hall–Kier alpha value is -3.53. The molecule has 0 aliphatic heterocycles. The second-order valence-electron chi connectivity index (χ2n) is 7.02. The summed E-state index contributed by atoms with van der Waals surface area (Å²) in [5.41, 5.74) is 8.37. The first-order chi connectivity index (χ1) is 15.9. The number of nitrogen functional groups attached to an aromatic ring is 1. The molecule has 0 amide bonds. The van der Waals surface area contributed by atoms with Crippen LogP contribution >= 0.6 is 23.2 Å². The summed E-state index contributed by atoms with van der Waals surface area (Å²) in [5.74, 6) is -0.156. The number of nitrogens with two attached hydrogens (primary N) is 1. The van der Waals surface area contributed by atoms with Crippen molar-refractivity contribution in [2.24, 2.45) is 5.10 Å². The standard InChI is InChI=1S/C22H14Cl2N6O2S/c23-14-7-8-15(24)18(10-14)33(31,32)20-19-22(29-17-6-2-1-5-16(17)28-19)30(21(20)25)27-12-13-4-3-9-26-11-13/h1-12H,25H2/b27-12-.